The Morgan fingerprint density at radius 2 is 2.09 bits per heavy atom. The minimum absolute atomic E-state index is 0.244. The van der Waals surface area contributed by atoms with Gasteiger partial charge in [-0.3, -0.25) is 4.79 Å². The third-order valence-electron chi connectivity index (χ3n) is 3.16. The topological polar surface area (TPSA) is 71.4 Å². The maximum atomic E-state index is 13.0. The highest BCUT2D eigenvalue weighted by Gasteiger charge is 2.50. The molecule has 0 aliphatic carbocycles. The molecule has 2 rings (SSSR count). The molecule has 0 radical (unpaired) electrons. The summed E-state index contributed by atoms with van der Waals surface area (Å²) in [4.78, 5) is 12.0. The number of hydrazone groups is 1. The van der Waals surface area contributed by atoms with Crippen LogP contribution in [-0.2, 0) is 4.79 Å². The molecule has 0 unspecified atom stereocenters. The molecule has 1 N–H and O–H groups in total. The van der Waals surface area contributed by atoms with Gasteiger partial charge < -0.3 is 14.6 Å². The molecule has 22 heavy (non-hydrogen) atoms. The number of benzene rings is 1. The molecule has 1 aliphatic rings. The molecule has 0 spiro atoms. The van der Waals surface area contributed by atoms with Gasteiger partial charge >= 0.3 is 0 Å². The van der Waals surface area contributed by atoms with Crippen LogP contribution in [0.3, 0.4) is 0 Å². The number of aliphatic hydroxyl groups is 1. The summed E-state index contributed by atoms with van der Waals surface area (Å²) in [7, 11) is 1.44. The summed E-state index contributed by atoms with van der Waals surface area (Å²) in [5.74, 6) is -0.176. The molecular weight excluding hydrogens is 298 g/mol. The second-order valence-corrected chi connectivity index (χ2v) is 4.84. The van der Waals surface area contributed by atoms with Crippen molar-refractivity contribution in [3.63, 3.8) is 0 Å². The zero-order chi connectivity index (χ0) is 16.3. The highest BCUT2D eigenvalue weighted by molar-refractivity contribution is 5.89. The number of hydrogen-bond donors (Lipinski definition) is 1. The van der Waals surface area contributed by atoms with E-state index in [9.17, 15) is 18.7 Å². The van der Waals surface area contributed by atoms with Crippen molar-refractivity contribution in [2.75, 3.05) is 13.7 Å². The summed E-state index contributed by atoms with van der Waals surface area (Å²) in [5, 5.41) is 14.0. The number of halogens is 2. The number of ether oxygens (including phenoxy) is 2. The Bertz CT molecular complexity index is 594. The number of hydrogen-bond acceptors (Lipinski definition) is 5. The molecule has 0 fully saturated rings. The van der Waals surface area contributed by atoms with E-state index in [0.717, 1.165) is 0 Å². The number of carbonyl (C=O) groups excluding carboxylic acids is 1. The van der Waals surface area contributed by atoms with Gasteiger partial charge in [0.25, 0.3) is 12.3 Å². The predicted octanol–water partition coefficient (Wildman–Crippen LogP) is 1.64. The highest BCUT2D eigenvalue weighted by atomic mass is 19.3. The van der Waals surface area contributed by atoms with E-state index in [2.05, 4.69) is 5.10 Å². The van der Waals surface area contributed by atoms with Crippen molar-refractivity contribution >= 4 is 11.6 Å². The Kier molecular flexibility index (Phi) is 4.60. The average molecular weight is 314 g/mol. The second kappa shape index (κ2) is 6.27. The molecule has 0 saturated carbocycles. The fourth-order valence-corrected chi connectivity index (χ4v) is 2.12. The summed E-state index contributed by atoms with van der Waals surface area (Å²) in [6, 6.07) is 6.60. The van der Waals surface area contributed by atoms with Crippen molar-refractivity contribution in [3.05, 3.63) is 24.3 Å². The molecule has 1 heterocycles. The monoisotopic (exact) mass is 314 g/mol. The molecule has 0 aromatic heterocycles. The smallest absolute Gasteiger partial charge is 0.287 e. The molecular formula is C14H16F2N2O4. The Balaban J connectivity index is 2.09. The van der Waals surface area contributed by atoms with Crippen LogP contribution in [0.25, 0.3) is 0 Å². The van der Waals surface area contributed by atoms with Crippen LogP contribution in [0.5, 0.6) is 11.5 Å². The van der Waals surface area contributed by atoms with Crippen LogP contribution in [0, 0.1) is 0 Å². The molecule has 0 saturated heterocycles. The normalized spacial score (nSPS) is 21.0. The van der Waals surface area contributed by atoms with Gasteiger partial charge in [0.05, 0.1) is 7.11 Å². The third kappa shape index (κ3) is 3.01. The fourth-order valence-electron chi connectivity index (χ4n) is 2.12. The van der Waals surface area contributed by atoms with Crippen LogP contribution < -0.4 is 9.47 Å². The summed E-state index contributed by atoms with van der Waals surface area (Å²) in [5.41, 5.74) is -2.38. The van der Waals surface area contributed by atoms with Gasteiger partial charge in [0, 0.05) is 12.1 Å². The summed E-state index contributed by atoms with van der Waals surface area (Å²) < 4.78 is 36.3. The Labute approximate surface area is 125 Å². The first-order valence-electron chi connectivity index (χ1n) is 6.52. The summed E-state index contributed by atoms with van der Waals surface area (Å²) >= 11 is 0. The lowest BCUT2D eigenvalue weighted by molar-refractivity contribution is -0.193. The first-order chi connectivity index (χ1) is 10.4. The van der Waals surface area contributed by atoms with Gasteiger partial charge in [-0.05, 0) is 19.1 Å². The van der Waals surface area contributed by atoms with Gasteiger partial charge in [-0.15, -0.1) is 0 Å². The van der Waals surface area contributed by atoms with Crippen molar-refractivity contribution in [3.8, 4) is 11.5 Å². The van der Waals surface area contributed by atoms with E-state index in [1.54, 1.807) is 24.3 Å². The fraction of sp³-hybridized carbons (Fsp3) is 0.429. The average Bonchev–Trinajstić information content (AvgIpc) is 2.81. The maximum absolute atomic E-state index is 13.0. The zero-order valence-corrected chi connectivity index (χ0v) is 12.1. The highest BCUT2D eigenvalue weighted by Crippen LogP contribution is 2.32. The second-order valence-electron chi connectivity index (χ2n) is 4.84. The van der Waals surface area contributed by atoms with Crippen LogP contribution in [0.2, 0.25) is 0 Å². The largest absolute Gasteiger partial charge is 0.493 e. The molecule has 120 valence electrons. The molecule has 0 bridgehead atoms. The van der Waals surface area contributed by atoms with E-state index < -0.39 is 31.1 Å². The van der Waals surface area contributed by atoms with Crippen LogP contribution in [0.15, 0.2) is 29.4 Å². The van der Waals surface area contributed by atoms with Crippen molar-refractivity contribution in [2.24, 2.45) is 5.10 Å². The van der Waals surface area contributed by atoms with Gasteiger partial charge in [-0.25, -0.2) is 8.78 Å². The van der Waals surface area contributed by atoms with Gasteiger partial charge in [0.2, 0.25) is 5.72 Å². The van der Waals surface area contributed by atoms with E-state index in [0.29, 0.717) is 16.5 Å². The number of amides is 1. The lowest BCUT2D eigenvalue weighted by atomic mass is 10.1. The first-order valence-corrected chi connectivity index (χ1v) is 6.52. The molecule has 1 amide bonds. The lowest BCUT2D eigenvalue weighted by Gasteiger charge is -2.29. The molecule has 1 atom stereocenters. The number of para-hydroxylation sites is 2. The van der Waals surface area contributed by atoms with E-state index in [1.165, 1.54) is 14.0 Å². The molecule has 1 aromatic carbocycles. The number of alkyl halides is 2. The number of nitrogens with zero attached hydrogens (tertiary/aromatic N) is 2. The van der Waals surface area contributed by atoms with Crippen LogP contribution in [0.4, 0.5) is 8.78 Å². The van der Waals surface area contributed by atoms with Crippen molar-refractivity contribution in [1.82, 2.24) is 5.01 Å². The van der Waals surface area contributed by atoms with Crippen molar-refractivity contribution in [1.29, 1.82) is 0 Å². The minimum Gasteiger partial charge on any atom is -0.493 e. The third-order valence-corrected chi connectivity index (χ3v) is 3.16. The number of methoxy groups -OCH3 is 1. The van der Waals surface area contributed by atoms with E-state index in [4.69, 9.17) is 9.47 Å². The van der Waals surface area contributed by atoms with E-state index in [-0.39, 0.29) is 5.71 Å². The quantitative estimate of drug-likeness (QED) is 0.897. The summed E-state index contributed by atoms with van der Waals surface area (Å²) in [6.45, 7) is 0.911. The SMILES string of the molecule is COc1ccccc1OCC(=O)N1N=C(C)C[C@]1(O)C(F)F. The molecule has 8 heteroatoms. The molecule has 1 aromatic rings. The van der Waals surface area contributed by atoms with Crippen LogP contribution >= 0.6 is 0 Å². The maximum Gasteiger partial charge on any atom is 0.287 e. The molecule has 6 nitrogen and oxygen atoms in total. The Morgan fingerprint density at radius 3 is 2.68 bits per heavy atom. The number of carbonyl (C=O) groups is 1. The van der Waals surface area contributed by atoms with E-state index >= 15 is 0 Å². The van der Waals surface area contributed by atoms with Crippen LogP contribution in [0.1, 0.15) is 13.3 Å². The Hall–Kier alpha value is -2.22. The predicted molar refractivity (Wildman–Crippen MR) is 74.0 cm³/mol. The van der Waals surface area contributed by atoms with Crippen molar-refractivity contribution in [2.45, 2.75) is 25.5 Å². The van der Waals surface area contributed by atoms with Gasteiger partial charge in [-0.2, -0.15) is 10.1 Å². The summed E-state index contributed by atoms with van der Waals surface area (Å²) in [6.07, 6.45) is -3.53. The van der Waals surface area contributed by atoms with Gasteiger partial charge in [-0.1, -0.05) is 12.1 Å². The van der Waals surface area contributed by atoms with Gasteiger partial charge in [0.1, 0.15) is 0 Å². The van der Waals surface area contributed by atoms with Crippen LogP contribution in [-0.4, -0.2) is 47.6 Å². The van der Waals surface area contributed by atoms with Gasteiger partial charge in [0.15, 0.2) is 18.1 Å². The standard InChI is InChI=1S/C14H16F2N2O4/c1-9-7-14(20,13(15)16)18(17-9)12(19)8-22-11-6-4-3-5-10(11)21-2/h3-6,13,20H,7-8H2,1-2H3/t14-/m0/s1. The number of rotatable bonds is 5. The minimum atomic E-state index is -3.14. The lowest BCUT2D eigenvalue weighted by Crippen LogP contribution is -2.52. The molecule has 1 aliphatic heterocycles. The van der Waals surface area contributed by atoms with Crippen molar-refractivity contribution < 1.29 is 28.2 Å². The zero-order valence-electron chi connectivity index (χ0n) is 12.1. The first kappa shape index (κ1) is 16.2. The van der Waals surface area contributed by atoms with E-state index in [1.807, 2.05) is 0 Å². The Morgan fingerprint density at radius 1 is 1.45 bits per heavy atom.